The molecule has 94 valence electrons. The molecule has 1 aliphatic heterocycles. The lowest BCUT2D eigenvalue weighted by Crippen LogP contribution is -2.24. The molecule has 0 unspecified atom stereocenters. The van der Waals surface area contributed by atoms with E-state index in [2.05, 4.69) is 10.3 Å². The van der Waals surface area contributed by atoms with Crippen LogP contribution in [0.1, 0.15) is 5.56 Å². The van der Waals surface area contributed by atoms with E-state index in [1.807, 2.05) is 0 Å². The molecule has 5 nitrogen and oxygen atoms in total. The van der Waals surface area contributed by atoms with Crippen LogP contribution in [0.25, 0.3) is 6.08 Å². The average molecular weight is 253 g/mol. The topological polar surface area (TPSA) is 77.2 Å². The smallest absolute Gasteiger partial charge is 0.291 e. The molecule has 1 aromatic carbocycles. The summed E-state index contributed by atoms with van der Waals surface area (Å²) in [7, 11) is 0. The number of nitrogens with zero attached hydrogens (tertiary/aromatic N) is 1. The van der Waals surface area contributed by atoms with Crippen molar-refractivity contribution >= 4 is 23.4 Å². The van der Waals surface area contributed by atoms with Crippen LogP contribution in [-0.2, 0) is 4.79 Å². The maximum atomic E-state index is 11.9. The maximum absolute atomic E-state index is 11.9. The number of ether oxygens (including phenoxy) is 1. The van der Waals surface area contributed by atoms with E-state index >= 15 is 0 Å². The number of carbonyl (C=O) groups excluding carboxylic acids is 1. The molecule has 0 radical (unpaired) electrons. The van der Waals surface area contributed by atoms with Gasteiger partial charge in [-0.3, -0.25) is 9.78 Å². The van der Waals surface area contributed by atoms with Crippen LogP contribution in [0.15, 0.2) is 48.5 Å². The molecule has 1 aliphatic rings. The van der Waals surface area contributed by atoms with E-state index in [0.717, 1.165) is 5.56 Å². The number of carbonyl (C=O) groups is 1. The Balaban J connectivity index is 1.99. The summed E-state index contributed by atoms with van der Waals surface area (Å²) >= 11 is 0. The fourth-order valence-electron chi connectivity index (χ4n) is 1.81. The van der Waals surface area contributed by atoms with Crippen molar-refractivity contribution in [1.29, 1.82) is 0 Å². The highest BCUT2D eigenvalue weighted by atomic mass is 16.5. The standard InChI is InChI=1S/C14H11N3O2/c15-10-2-1-3-11-13(10)17-14(18)12(19-11)8-9-4-6-16-7-5-9/h1-8H,15H2,(H,17,18)/b12-8+. The summed E-state index contributed by atoms with van der Waals surface area (Å²) in [5.41, 5.74) is 7.61. The number of nitrogens with one attached hydrogen (secondary N) is 1. The molecule has 0 aliphatic carbocycles. The molecule has 5 heteroatoms. The van der Waals surface area contributed by atoms with E-state index in [9.17, 15) is 4.79 Å². The fourth-order valence-corrected chi connectivity index (χ4v) is 1.81. The fraction of sp³-hybridized carbons (Fsp3) is 0. The Hall–Kier alpha value is -2.82. The number of pyridine rings is 1. The molecular formula is C14H11N3O2. The summed E-state index contributed by atoms with van der Waals surface area (Å²) < 4.78 is 5.58. The van der Waals surface area contributed by atoms with Crippen LogP contribution in [0.4, 0.5) is 11.4 Å². The van der Waals surface area contributed by atoms with Crippen molar-refractivity contribution in [3.8, 4) is 5.75 Å². The molecule has 0 spiro atoms. The number of amides is 1. The van der Waals surface area contributed by atoms with Crippen molar-refractivity contribution in [1.82, 2.24) is 4.98 Å². The number of hydrogen-bond donors (Lipinski definition) is 2. The zero-order chi connectivity index (χ0) is 13.2. The zero-order valence-corrected chi connectivity index (χ0v) is 9.96. The van der Waals surface area contributed by atoms with Gasteiger partial charge in [0.1, 0.15) is 5.69 Å². The number of rotatable bonds is 1. The van der Waals surface area contributed by atoms with Crippen molar-refractivity contribution in [2.24, 2.45) is 0 Å². The monoisotopic (exact) mass is 253 g/mol. The van der Waals surface area contributed by atoms with Crippen LogP contribution in [0.2, 0.25) is 0 Å². The van der Waals surface area contributed by atoms with Gasteiger partial charge in [0.25, 0.3) is 5.91 Å². The first-order valence-electron chi connectivity index (χ1n) is 5.73. The first-order valence-corrected chi connectivity index (χ1v) is 5.73. The summed E-state index contributed by atoms with van der Waals surface area (Å²) in [5, 5.41) is 2.73. The van der Waals surface area contributed by atoms with Crippen LogP contribution in [0.5, 0.6) is 5.75 Å². The number of hydrogen-bond acceptors (Lipinski definition) is 4. The number of benzene rings is 1. The van der Waals surface area contributed by atoms with Gasteiger partial charge < -0.3 is 15.8 Å². The molecule has 0 atom stereocenters. The van der Waals surface area contributed by atoms with Gasteiger partial charge >= 0.3 is 0 Å². The van der Waals surface area contributed by atoms with Gasteiger partial charge in [-0.05, 0) is 35.9 Å². The van der Waals surface area contributed by atoms with Crippen LogP contribution < -0.4 is 15.8 Å². The van der Waals surface area contributed by atoms with E-state index in [4.69, 9.17) is 10.5 Å². The Morgan fingerprint density at radius 1 is 1.21 bits per heavy atom. The number of fused-ring (bicyclic) bond motifs is 1. The summed E-state index contributed by atoms with van der Waals surface area (Å²) in [5.74, 6) is 0.450. The minimum absolute atomic E-state index is 0.226. The Kier molecular flexibility index (Phi) is 2.64. The van der Waals surface area contributed by atoms with Crippen molar-refractivity contribution in [2.75, 3.05) is 11.1 Å². The lowest BCUT2D eigenvalue weighted by molar-refractivity contribution is -0.115. The van der Waals surface area contributed by atoms with Gasteiger partial charge in [0, 0.05) is 12.4 Å². The third-order valence-electron chi connectivity index (χ3n) is 2.74. The maximum Gasteiger partial charge on any atom is 0.291 e. The van der Waals surface area contributed by atoms with E-state index in [1.165, 1.54) is 0 Å². The Bertz CT molecular complexity index is 666. The van der Waals surface area contributed by atoms with Crippen molar-refractivity contribution in [3.05, 3.63) is 54.0 Å². The molecule has 19 heavy (non-hydrogen) atoms. The number of para-hydroxylation sites is 1. The molecule has 3 N–H and O–H groups in total. The van der Waals surface area contributed by atoms with Crippen LogP contribution >= 0.6 is 0 Å². The lowest BCUT2D eigenvalue weighted by Gasteiger charge is -2.21. The second kappa shape index (κ2) is 4.45. The van der Waals surface area contributed by atoms with Gasteiger partial charge in [-0.2, -0.15) is 0 Å². The highest BCUT2D eigenvalue weighted by Crippen LogP contribution is 2.35. The van der Waals surface area contributed by atoms with Crippen molar-refractivity contribution in [3.63, 3.8) is 0 Å². The number of nitrogens with two attached hydrogens (primary N) is 1. The van der Waals surface area contributed by atoms with Crippen molar-refractivity contribution < 1.29 is 9.53 Å². The summed E-state index contributed by atoms with van der Waals surface area (Å²) in [4.78, 5) is 15.9. The van der Waals surface area contributed by atoms with E-state index in [-0.39, 0.29) is 11.7 Å². The van der Waals surface area contributed by atoms with Crippen LogP contribution in [-0.4, -0.2) is 10.9 Å². The molecule has 3 rings (SSSR count). The van der Waals surface area contributed by atoms with Gasteiger partial charge in [0.2, 0.25) is 0 Å². The lowest BCUT2D eigenvalue weighted by atomic mass is 10.2. The van der Waals surface area contributed by atoms with Gasteiger partial charge in [-0.1, -0.05) is 6.07 Å². The predicted octanol–water partition coefficient (Wildman–Crippen LogP) is 2.04. The highest BCUT2D eigenvalue weighted by molar-refractivity contribution is 6.09. The molecule has 1 amide bonds. The largest absolute Gasteiger partial charge is 0.449 e. The van der Waals surface area contributed by atoms with E-state index < -0.39 is 0 Å². The van der Waals surface area contributed by atoms with Gasteiger partial charge in [0.05, 0.1) is 5.69 Å². The Morgan fingerprint density at radius 2 is 2.00 bits per heavy atom. The van der Waals surface area contributed by atoms with Gasteiger partial charge in [0.15, 0.2) is 11.5 Å². The third kappa shape index (κ3) is 2.13. The first-order chi connectivity index (χ1) is 9.24. The number of nitrogen functional groups attached to an aromatic ring is 1. The molecule has 2 heterocycles. The SMILES string of the molecule is Nc1cccc2c1NC(=O)/C(=C\c1ccncc1)O2. The first kappa shape index (κ1) is 11.3. The van der Waals surface area contributed by atoms with E-state index in [0.29, 0.717) is 17.1 Å². The van der Waals surface area contributed by atoms with E-state index in [1.54, 1.807) is 48.8 Å². The molecule has 1 aromatic heterocycles. The molecular weight excluding hydrogens is 242 g/mol. The third-order valence-corrected chi connectivity index (χ3v) is 2.74. The summed E-state index contributed by atoms with van der Waals surface area (Å²) in [6, 6.07) is 8.82. The quantitative estimate of drug-likeness (QED) is 0.602. The normalized spacial score (nSPS) is 15.6. The molecule has 0 fully saturated rings. The van der Waals surface area contributed by atoms with Gasteiger partial charge in [-0.15, -0.1) is 0 Å². The Morgan fingerprint density at radius 3 is 2.79 bits per heavy atom. The zero-order valence-electron chi connectivity index (χ0n) is 9.96. The van der Waals surface area contributed by atoms with Crippen molar-refractivity contribution in [2.45, 2.75) is 0 Å². The number of anilines is 2. The minimum atomic E-state index is -0.317. The predicted molar refractivity (Wildman–Crippen MR) is 72.3 cm³/mol. The van der Waals surface area contributed by atoms with Crippen LogP contribution in [0.3, 0.4) is 0 Å². The second-order valence-electron chi connectivity index (χ2n) is 4.07. The average Bonchev–Trinajstić information content (AvgIpc) is 2.42. The van der Waals surface area contributed by atoms with Crippen LogP contribution in [0, 0.1) is 0 Å². The highest BCUT2D eigenvalue weighted by Gasteiger charge is 2.23. The molecule has 0 bridgehead atoms. The molecule has 2 aromatic rings. The molecule has 0 saturated heterocycles. The minimum Gasteiger partial charge on any atom is -0.449 e. The van der Waals surface area contributed by atoms with Gasteiger partial charge in [-0.25, -0.2) is 0 Å². The Labute approximate surface area is 109 Å². The summed E-state index contributed by atoms with van der Waals surface area (Å²) in [6.45, 7) is 0. The number of aromatic nitrogens is 1. The second-order valence-corrected chi connectivity index (χ2v) is 4.07. The molecule has 0 saturated carbocycles. The summed E-state index contributed by atoms with van der Waals surface area (Å²) in [6.07, 6.45) is 4.96.